The van der Waals surface area contributed by atoms with Gasteiger partial charge in [-0.15, -0.1) is 12.4 Å². The molecule has 0 bridgehead atoms. The normalized spacial score (nSPS) is 19.4. The fraction of sp³-hybridized carbons (Fsp3) is 0.406. The molecule has 2 aromatic carbocycles. The van der Waals surface area contributed by atoms with E-state index in [0.29, 0.717) is 18.5 Å². The number of halogens is 1. The molecule has 0 saturated carbocycles. The zero-order valence-corrected chi connectivity index (χ0v) is 23.9. The highest BCUT2D eigenvalue weighted by Gasteiger charge is 2.44. The Bertz CT molecular complexity index is 1480. The fourth-order valence-corrected chi connectivity index (χ4v) is 6.76. The molecule has 8 heteroatoms. The van der Waals surface area contributed by atoms with E-state index in [2.05, 4.69) is 24.1 Å². The lowest BCUT2D eigenvalue weighted by atomic mass is 9.74. The number of pyridine rings is 1. The number of hydrogen-bond donors (Lipinski definition) is 0. The minimum absolute atomic E-state index is 0. The maximum atomic E-state index is 13.7. The Morgan fingerprint density at radius 3 is 2.45 bits per heavy atom. The number of anilines is 2. The van der Waals surface area contributed by atoms with Crippen LogP contribution >= 0.6 is 12.4 Å². The van der Waals surface area contributed by atoms with Crippen LogP contribution in [0.4, 0.5) is 11.5 Å². The van der Waals surface area contributed by atoms with Crippen LogP contribution in [0.2, 0.25) is 0 Å². The second-order valence-corrected chi connectivity index (χ2v) is 11.6. The molecule has 7 nitrogen and oxygen atoms in total. The summed E-state index contributed by atoms with van der Waals surface area (Å²) >= 11 is 0. The van der Waals surface area contributed by atoms with Gasteiger partial charge in [0, 0.05) is 53.0 Å². The monoisotopic (exact) mass is 558 g/mol. The summed E-state index contributed by atoms with van der Waals surface area (Å²) in [5, 5.41) is 0. The van der Waals surface area contributed by atoms with Crippen LogP contribution in [0.15, 0.2) is 48.5 Å². The molecule has 2 fully saturated rings. The first-order chi connectivity index (χ1) is 18.9. The molecule has 4 aliphatic heterocycles. The molecule has 2 amide bonds. The smallest absolute Gasteiger partial charge is 0.258 e. The summed E-state index contributed by atoms with van der Waals surface area (Å²) in [6, 6.07) is 16.2. The average Bonchev–Trinajstić information content (AvgIpc) is 3.66. The maximum Gasteiger partial charge on any atom is 0.258 e. The third-order valence-corrected chi connectivity index (χ3v) is 9.20. The van der Waals surface area contributed by atoms with Crippen molar-refractivity contribution in [1.29, 1.82) is 0 Å². The van der Waals surface area contributed by atoms with E-state index in [9.17, 15) is 9.59 Å². The molecule has 0 unspecified atom stereocenters. The summed E-state index contributed by atoms with van der Waals surface area (Å²) in [6.07, 6.45) is 4.51. The van der Waals surface area contributed by atoms with Crippen molar-refractivity contribution in [2.45, 2.75) is 44.4 Å². The van der Waals surface area contributed by atoms with Gasteiger partial charge in [-0.25, -0.2) is 4.98 Å². The van der Waals surface area contributed by atoms with Gasteiger partial charge in [0.1, 0.15) is 11.6 Å². The molecule has 1 spiro atoms. The van der Waals surface area contributed by atoms with Crippen LogP contribution in [-0.2, 0) is 16.6 Å². The first-order valence-corrected chi connectivity index (χ1v) is 14.1. The number of aryl methyl sites for hydroxylation is 1. The van der Waals surface area contributed by atoms with Gasteiger partial charge in [-0.3, -0.25) is 14.5 Å². The number of hydrogen-bond acceptors (Lipinski definition) is 5. The van der Waals surface area contributed by atoms with E-state index in [-0.39, 0.29) is 29.6 Å². The van der Waals surface area contributed by atoms with Crippen molar-refractivity contribution in [2.75, 3.05) is 49.6 Å². The predicted molar refractivity (Wildman–Crippen MR) is 159 cm³/mol. The summed E-state index contributed by atoms with van der Waals surface area (Å²) in [5.74, 6) is 1.91. The van der Waals surface area contributed by atoms with Gasteiger partial charge in [0.25, 0.3) is 5.91 Å². The number of fused-ring (bicyclic) bond motifs is 3. The second-order valence-electron chi connectivity index (χ2n) is 11.6. The lowest BCUT2D eigenvalue weighted by molar-refractivity contribution is -0.117. The molecule has 1 aromatic heterocycles. The Hall–Kier alpha value is -3.42. The van der Waals surface area contributed by atoms with Crippen molar-refractivity contribution in [3.63, 3.8) is 0 Å². The molecule has 3 aromatic rings. The van der Waals surface area contributed by atoms with Crippen LogP contribution in [0.1, 0.15) is 52.9 Å². The maximum absolute atomic E-state index is 13.7. The molecule has 7 rings (SSSR count). The van der Waals surface area contributed by atoms with Crippen LogP contribution in [0.3, 0.4) is 0 Å². The minimum Gasteiger partial charge on any atom is -0.492 e. The number of carbonyl (C=O) groups is 2. The van der Waals surface area contributed by atoms with E-state index in [1.165, 1.54) is 11.1 Å². The van der Waals surface area contributed by atoms with E-state index in [1.54, 1.807) is 4.90 Å². The van der Waals surface area contributed by atoms with Gasteiger partial charge in [-0.1, -0.05) is 12.1 Å². The third kappa shape index (κ3) is 4.36. The van der Waals surface area contributed by atoms with Crippen LogP contribution < -0.4 is 14.5 Å². The summed E-state index contributed by atoms with van der Waals surface area (Å²) < 4.78 is 6.19. The SMILES string of the molecule is Cc1nc(N2CCCC2=O)ccc1-c1ccc(C(=O)N2CCc3cc4c(cc32)C2(CCN(C)CC2)CO4)cc1.Cl. The fourth-order valence-electron chi connectivity index (χ4n) is 6.76. The Labute approximate surface area is 241 Å². The minimum atomic E-state index is 0. The molecule has 0 radical (unpaired) electrons. The molecule has 2 saturated heterocycles. The first kappa shape index (κ1) is 26.8. The lowest BCUT2D eigenvalue weighted by Crippen LogP contribution is -2.42. The first-order valence-electron chi connectivity index (χ1n) is 14.1. The van der Waals surface area contributed by atoms with Crippen molar-refractivity contribution in [3.8, 4) is 16.9 Å². The molecule has 208 valence electrons. The Kier molecular flexibility index (Phi) is 6.83. The number of ether oxygens (including phenoxy) is 1. The van der Waals surface area contributed by atoms with Gasteiger partial charge in [-0.05, 0) is 100 Å². The number of aromatic nitrogens is 1. The van der Waals surface area contributed by atoms with Gasteiger partial charge in [-0.2, -0.15) is 0 Å². The van der Waals surface area contributed by atoms with Crippen molar-refractivity contribution in [3.05, 3.63) is 70.9 Å². The van der Waals surface area contributed by atoms with Gasteiger partial charge < -0.3 is 14.5 Å². The summed E-state index contributed by atoms with van der Waals surface area (Å²) in [6.45, 7) is 6.28. The second kappa shape index (κ2) is 10.2. The van der Waals surface area contributed by atoms with Crippen molar-refractivity contribution < 1.29 is 14.3 Å². The van der Waals surface area contributed by atoms with Gasteiger partial charge in [0.2, 0.25) is 5.91 Å². The van der Waals surface area contributed by atoms with Crippen LogP contribution in [-0.4, -0.2) is 61.5 Å². The molecule has 5 heterocycles. The zero-order valence-electron chi connectivity index (χ0n) is 23.1. The van der Waals surface area contributed by atoms with E-state index in [4.69, 9.17) is 9.72 Å². The Morgan fingerprint density at radius 1 is 0.975 bits per heavy atom. The Balaban J connectivity index is 0.00000289. The highest BCUT2D eigenvalue weighted by molar-refractivity contribution is 6.07. The van der Waals surface area contributed by atoms with E-state index in [0.717, 1.165) is 86.0 Å². The highest BCUT2D eigenvalue weighted by Crippen LogP contribution is 2.49. The predicted octanol–water partition coefficient (Wildman–Crippen LogP) is 5.16. The molecule has 40 heavy (non-hydrogen) atoms. The van der Waals surface area contributed by atoms with E-state index >= 15 is 0 Å². The summed E-state index contributed by atoms with van der Waals surface area (Å²) in [7, 11) is 2.18. The van der Waals surface area contributed by atoms with E-state index < -0.39 is 0 Å². The third-order valence-electron chi connectivity index (χ3n) is 9.20. The standard InChI is InChI=1S/C32H34N4O3.ClH/c1-21-25(9-10-29(33-21)36-14-3-4-30(36)37)22-5-7-23(8-6-22)31(38)35-15-11-24-18-28-26(19-27(24)35)32(20-39-28)12-16-34(2)17-13-32;/h5-10,18-19H,3-4,11-17,20H2,1-2H3;1H. The number of nitrogens with zero attached hydrogens (tertiary/aromatic N) is 4. The number of piperidine rings is 1. The van der Waals surface area contributed by atoms with Gasteiger partial charge in [0.05, 0.1) is 6.61 Å². The van der Waals surface area contributed by atoms with E-state index in [1.807, 2.05) is 48.2 Å². The molecular weight excluding hydrogens is 524 g/mol. The number of rotatable bonds is 3. The van der Waals surface area contributed by atoms with Crippen molar-refractivity contribution in [1.82, 2.24) is 9.88 Å². The lowest BCUT2D eigenvalue weighted by Gasteiger charge is -2.37. The zero-order chi connectivity index (χ0) is 26.7. The van der Waals surface area contributed by atoms with Crippen molar-refractivity contribution >= 4 is 35.7 Å². The number of amides is 2. The van der Waals surface area contributed by atoms with Crippen molar-refractivity contribution in [2.24, 2.45) is 0 Å². The largest absolute Gasteiger partial charge is 0.492 e. The molecule has 0 atom stereocenters. The summed E-state index contributed by atoms with van der Waals surface area (Å²) in [5.41, 5.74) is 7.17. The topological polar surface area (TPSA) is 66.0 Å². The quantitative estimate of drug-likeness (QED) is 0.444. The van der Waals surface area contributed by atoms with Crippen LogP contribution in [0, 0.1) is 6.92 Å². The van der Waals surface area contributed by atoms with Crippen LogP contribution in [0.25, 0.3) is 11.1 Å². The summed E-state index contributed by atoms with van der Waals surface area (Å²) in [4.78, 5) is 36.6. The Morgan fingerprint density at radius 2 is 1.75 bits per heavy atom. The number of carbonyl (C=O) groups excluding carboxylic acids is 2. The van der Waals surface area contributed by atoms with Gasteiger partial charge in [0.15, 0.2) is 0 Å². The highest BCUT2D eigenvalue weighted by atomic mass is 35.5. The molecule has 0 N–H and O–H groups in total. The van der Waals surface area contributed by atoms with Gasteiger partial charge >= 0.3 is 0 Å². The molecular formula is C32H35ClN4O3. The molecule has 4 aliphatic rings. The number of likely N-dealkylation sites (tertiary alicyclic amines) is 1. The molecule has 0 aliphatic carbocycles. The van der Waals surface area contributed by atoms with Crippen LogP contribution in [0.5, 0.6) is 5.75 Å². The number of benzene rings is 2. The average molecular weight is 559 g/mol.